The molecule has 0 unspecified atom stereocenters. The summed E-state index contributed by atoms with van der Waals surface area (Å²) in [5.74, 6) is -0.581. The van der Waals surface area contributed by atoms with Crippen molar-refractivity contribution in [2.45, 2.75) is 39.3 Å². The standard InChI is InChI=1S/C15H23FN2O2/c1-5-15(2,3)18-13(19)10-20-14-11(9-17-4)7-6-8-12(14)16/h6-8,17H,5,9-10H2,1-4H3,(H,18,19). The van der Waals surface area contributed by atoms with Gasteiger partial charge in [0.25, 0.3) is 5.91 Å². The summed E-state index contributed by atoms with van der Waals surface area (Å²) in [5, 5.41) is 5.78. The Bertz CT molecular complexity index is 461. The average Bonchev–Trinajstić information content (AvgIpc) is 2.38. The number of ether oxygens (including phenoxy) is 1. The van der Waals surface area contributed by atoms with E-state index in [1.165, 1.54) is 6.07 Å². The molecular weight excluding hydrogens is 259 g/mol. The molecule has 1 amide bonds. The number of nitrogens with one attached hydrogen (secondary N) is 2. The average molecular weight is 282 g/mol. The summed E-state index contributed by atoms with van der Waals surface area (Å²) in [6.45, 7) is 6.14. The molecule has 0 radical (unpaired) electrons. The van der Waals surface area contributed by atoms with Crippen LogP contribution in [0.5, 0.6) is 5.75 Å². The van der Waals surface area contributed by atoms with Gasteiger partial charge in [0.2, 0.25) is 0 Å². The van der Waals surface area contributed by atoms with Crippen molar-refractivity contribution in [2.24, 2.45) is 0 Å². The fraction of sp³-hybridized carbons (Fsp3) is 0.533. The van der Waals surface area contributed by atoms with Gasteiger partial charge in [-0.25, -0.2) is 4.39 Å². The van der Waals surface area contributed by atoms with E-state index in [2.05, 4.69) is 10.6 Å². The molecular formula is C15H23FN2O2. The first-order chi connectivity index (χ1) is 9.39. The largest absolute Gasteiger partial charge is 0.480 e. The second-order valence-electron chi connectivity index (χ2n) is 5.33. The van der Waals surface area contributed by atoms with Gasteiger partial charge in [0.15, 0.2) is 18.2 Å². The summed E-state index contributed by atoms with van der Waals surface area (Å²) >= 11 is 0. The summed E-state index contributed by atoms with van der Waals surface area (Å²) in [7, 11) is 1.77. The smallest absolute Gasteiger partial charge is 0.258 e. The van der Waals surface area contributed by atoms with Crippen molar-refractivity contribution < 1.29 is 13.9 Å². The Morgan fingerprint density at radius 1 is 1.40 bits per heavy atom. The van der Waals surface area contributed by atoms with E-state index in [1.54, 1.807) is 19.2 Å². The Morgan fingerprint density at radius 2 is 2.10 bits per heavy atom. The lowest BCUT2D eigenvalue weighted by Gasteiger charge is -2.24. The normalized spacial score (nSPS) is 11.2. The van der Waals surface area contributed by atoms with E-state index >= 15 is 0 Å². The van der Waals surface area contributed by atoms with Crippen LogP contribution < -0.4 is 15.4 Å². The van der Waals surface area contributed by atoms with Crippen LogP contribution >= 0.6 is 0 Å². The van der Waals surface area contributed by atoms with Crippen LogP contribution in [0.3, 0.4) is 0 Å². The Balaban J connectivity index is 2.68. The maximum Gasteiger partial charge on any atom is 0.258 e. The highest BCUT2D eigenvalue weighted by atomic mass is 19.1. The first-order valence-corrected chi connectivity index (χ1v) is 6.75. The highest BCUT2D eigenvalue weighted by molar-refractivity contribution is 5.78. The van der Waals surface area contributed by atoms with Gasteiger partial charge in [-0.1, -0.05) is 19.1 Å². The van der Waals surface area contributed by atoms with Gasteiger partial charge in [-0.2, -0.15) is 0 Å². The number of hydrogen-bond donors (Lipinski definition) is 2. The highest BCUT2D eigenvalue weighted by Crippen LogP contribution is 2.22. The molecule has 0 fully saturated rings. The fourth-order valence-corrected chi connectivity index (χ4v) is 1.68. The molecule has 0 heterocycles. The highest BCUT2D eigenvalue weighted by Gasteiger charge is 2.19. The minimum absolute atomic E-state index is 0.131. The topological polar surface area (TPSA) is 50.4 Å². The third-order valence-corrected chi connectivity index (χ3v) is 3.13. The van der Waals surface area contributed by atoms with Crippen LogP contribution in [-0.2, 0) is 11.3 Å². The van der Waals surface area contributed by atoms with Crippen molar-refractivity contribution in [3.63, 3.8) is 0 Å². The Labute approximate surface area is 119 Å². The van der Waals surface area contributed by atoms with Crippen LogP contribution in [-0.4, -0.2) is 25.1 Å². The van der Waals surface area contributed by atoms with Gasteiger partial charge in [0, 0.05) is 17.6 Å². The molecule has 0 atom stereocenters. The molecule has 4 nitrogen and oxygen atoms in total. The zero-order valence-electron chi connectivity index (χ0n) is 12.5. The number of hydrogen-bond acceptors (Lipinski definition) is 3. The van der Waals surface area contributed by atoms with E-state index in [9.17, 15) is 9.18 Å². The molecule has 20 heavy (non-hydrogen) atoms. The van der Waals surface area contributed by atoms with E-state index in [-0.39, 0.29) is 23.8 Å². The van der Waals surface area contributed by atoms with Crippen LogP contribution in [0.2, 0.25) is 0 Å². The minimum Gasteiger partial charge on any atom is -0.480 e. The third-order valence-electron chi connectivity index (χ3n) is 3.13. The van der Waals surface area contributed by atoms with Crippen molar-refractivity contribution in [3.05, 3.63) is 29.6 Å². The molecule has 0 aromatic heterocycles. The molecule has 1 rings (SSSR count). The minimum atomic E-state index is -0.458. The first kappa shape index (κ1) is 16.4. The molecule has 1 aromatic carbocycles. The first-order valence-electron chi connectivity index (χ1n) is 6.75. The zero-order chi connectivity index (χ0) is 15.2. The van der Waals surface area contributed by atoms with Gasteiger partial charge in [-0.15, -0.1) is 0 Å². The van der Waals surface area contributed by atoms with E-state index in [1.807, 2.05) is 20.8 Å². The van der Waals surface area contributed by atoms with Gasteiger partial charge in [0.05, 0.1) is 0 Å². The van der Waals surface area contributed by atoms with Crippen LogP contribution in [0, 0.1) is 5.82 Å². The summed E-state index contributed by atoms with van der Waals surface area (Å²) in [4.78, 5) is 11.8. The van der Waals surface area contributed by atoms with E-state index < -0.39 is 5.82 Å². The fourth-order valence-electron chi connectivity index (χ4n) is 1.68. The van der Waals surface area contributed by atoms with Gasteiger partial charge in [0.1, 0.15) is 0 Å². The monoisotopic (exact) mass is 282 g/mol. The predicted molar refractivity (Wildman–Crippen MR) is 77.2 cm³/mol. The van der Waals surface area contributed by atoms with Crippen LogP contribution in [0.15, 0.2) is 18.2 Å². The van der Waals surface area contributed by atoms with E-state index in [0.29, 0.717) is 12.1 Å². The summed E-state index contributed by atoms with van der Waals surface area (Å²) < 4.78 is 19.1. The Kier molecular flexibility index (Phi) is 5.95. The molecule has 1 aromatic rings. The van der Waals surface area contributed by atoms with Gasteiger partial charge >= 0.3 is 0 Å². The van der Waals surface area contributed by atoms with Gasteiger partial charge < -0.3 is 15.4 Å². The molecule has 2 N–H and O–H groups in total. The van der Waals surface area contributed by atoms with Crippen LogP contribution in [0.4, 0.5) is 4.39 Å². The third kappa shape index (κ3) is 4.81. The molecule has 112 valence electrons. The number of carbonyl (C=O) groups is 1. The summed E-state index contributed by atoms with van der Waals surface area (Å²) in [5.41, 5.74) is 0.402. The molecule has 0 bridgehead atoms. The van der Waals surface area contributed by atoms with Crippen LogP contribution in [0.25, 0.3) is 0 Å². The quantitative estimate of drug-likeness (QED) is 0.806. The molecule has 0 saturated carbocycles. The number of carbonyl (C=O) groups excluding carboxylic acids is 1. The van der Waals surface area contributed by atoms with E-state index in [4.69, 9.17) is 4.74 Å². The second-order valence-corrected chi connectivity index (χ2v) is 5.33. The second kappa shape index (κ2) is 7.24. The number of para-hydroxylation sites is 1. The maximum absolute atomic E-state index is 13.7. The number of amides is 1. The lowest BCUT2D eigenvalue weighted by atomic mass is 10.0. The molecule has 0 saturated heterocycles. The molecule has 0 aliphatic carbocycles. The molecule has 5 heteroatoms. The van der Waals surface area contributed by atoms with Crippen molar-refractivity contribution in [1.29, 1.82) is 0 Å². The molecule has 0 aliphatic rings. The maximum atomic E-state index is 13.7. The van der Waals surface area contributed by atoms with Crippen molar-refractivity contribution in [1.82, 2.24) is 10.6 Å². The lowest BCUT2D eigenvalue weighted by Crippen LogP contribution is -2.45. The number of benzene rings is 1. The number of halogens is 1. The Hall–Kier alpha value is -1.62. The van der Waals surface area contributed by atoms with Crippen molar-refractivity contribution in [3.8, 4) is 5.75 Å². The molecule has 0 spiro atoms. The zero-order valence-corrected chi connectivity index (χ0v) is 12.5. The van der Waals surface area contributed by atoms with Crippen molar-refractivity contribution >= 4 is 5.91 Å². The van der Waals surface area contributed by atoms with Gasteiger partial charge in [-0.3, -0.25) is 4.79 Å². The SMILES string of the molecule is CCC(C)(C)NC(=O)COc1c(F)cccc1CNC. The predicted octanol–water partition coefficient (Wildman–Crippen LogP) is 2.23. The van der Waals surface area contributed by atoms with Gasteiger partial charge in [-0.05, 0) is 33.4 Å². The van der Waals surface area contributed by atoms with E-state index in [0.717, 1.165) is 6.42 Å². The van der Waals surface area contributed by atoms with Crippen molar-refractivity contribution in [2.75, 3.05) is 13.7 Å². The number of rotatable bonds is 7. The summed E-state index contributed by atoms with van der Waals surface area (Å²) in [6, 6.07) is 4.71. The lowest BCUT2D eigenvalue weighted by molar-refractivity contribution is -0.124. The molecule has 0 aliphatic heterocycles. The summed E-state index contributed by atoms with van der Waals surface area (Å²) in [6.07, 6.45) is 0.809. The van der Waals surface area contributed by atoms with Crippen LogP contribution in [0.1, 0.15) is 32.8 Å². The Morgan fingerprint density at radius 3 is 2.70 bits per heavy atom.